The van der Waals surface area contributed by atoms with E-state index in [1.165, 1.54) is 102 Å². The molecule has 0 unspecified atom stereocenters. The molecule has 4 heteroatoms. The third-order valence-corrected chi connectivity index (χ3v) is 9.73. The summed E-state index contributed by atoms with van der Waals surface area (Å²) in [7, 11) is 0. The Bertz CT molecular complexity index is 971. The fraction of sp³-hybridized carbons (Fsp3) is 0.694. The molecule has 0 N–H and O–H groups in total. The van der Waals surface area contributed by atoms with Crippen molar-refractivity contribution in [2.75, 3.05) is 0 Å². The zero-order valence-corrected chi connectivity index (χ0v) is 25.4. The number of unbranched alkanes of at least 4 members (excludes halogenated alkanes) is 7. The van der Waals surface area contributed by atoms with E-state index in [4.69, 9.17) is 4.74 Å². The molecule has 1 aromatic heterocycles. The van der Waals surface area contributed by atoms with Gasteiger partial charge in [-0.1, -0.05) is 84.5 Å². The highest BCUT2D eigenvalue weighted by atomic mass is 16.5. The summed E-state index contributed by atoms with van der Waals surface area (Å²) >= 11 is 0. The van der Waals surface area contributed by atoms with Gasteiger partial charge < -0.3 is 4.74 Å². The largest absolute Gasteiger partial charge is 0.426 e. The fourth-order valence-electron chi connectivity index (χ4n) is 7.05. The van der Waals surface area contributed by atoms with Gasteiger partial charge in [-0.05, 0) is 98.9 Å². The predicted octanol–water partition coefficient (Wildman–Crippen LogP) is 10.1. The van der Waals surface area contributed by atoms with Crippen molar-refractivity contribution in [1.82, 2.24) is 9.97 Å². The number of esters is 1. The molecule has 0 saturated heterocycles. The maximum atomic E-state index is 12.9. The maximum absolute atomic E-state index is 12.9. The summed E-state index contributed by atoms with van der Waals surface area (Å²) in [5.41, 5.74) is 2.12. The molecule has 2 aliphatic carbocycles. The number of nitrogens with zero attached hydrogens (tertiary/aromatic N) is 2. The average molecular weight is 547 g/mol. The Kier molecular flexibility index (Phi) is 13.0. The van der Waals surface area contributed by atoms with Crippen molar-refractivity contribution in [2.45, 2.75) is 136 Å². The molecule has 1 aromatic carbocycles. The lowest BCUT2D eigenvalue weighted by Crippen LogP contribution is -2.30. The van der Waals surface area contributed by atoms with Gasteiger partial charge in [0.2, 0.25) is 0 Å². The molecular weight excluding hydrogens is 492 g/mol. The van der Waals surface area contributed by atoms with Crippen LogP contribution in [0.5, 0.6) is 5.75 Å². The van der Waals surface area contributed by atoms with Gasteiger partial charge in [-0.25, -0.2) is 9.97 Å². The molecule has 2 saturated carbocycles. The first kappa shape index (κ1) is 30.7. The van der Waals surface area contributed by atoms with Crippen molar-refractivity contribution in [1.29, 1.82) is 0 Å². The standard InChI is InChI=1S/C36H54N2O2/c1-3-5-7-8-9-10-11-13-28-14-16-30(17-15-28)31-18-20-33(21-19-31)36(39)40-34-24-22-32(23-25-34)35-37-26-29(27-38-35)12-6-4-2/h22-28,30-31,33H,3-21H2,1-2H3/t28-,30-,31-,33-. The Morgan fingerprint density at radius 3 is 1.93 bits per heavy atom. The van der Waals surface area contributed by atoms with Crippen LogP contribution < -0.4 is 4.74 Å². The highest BCUT2D eigenvalue weighted by Crippen LogP contribution is 2.42. The Morgan fingerprint density at radius 1 is 0.725 bits per heavy atom. The molecule has 0 atom stereocenters. The first-order valence-electron chi connectivity index (χ1n) is 16.8. The Hall–Kier alpha value is -2.23. The second-order valence-electron chi connectivity index (χ2n) is 12.8. The van der Waals surface area contributed by atoms with Gasteiger partial charge in [0.25, 0.3) is 0 Å². The van der Waals surface area contributed by atoms with Gasteiger partial charge >= 0.3 is 5.97 Å². The van der Waals surface area contributed by atoms with Crippen LogP contribution in [-0.4, -0.2) is 15.9 Å². The Labute approximate surface area is 244 Å². The lowest BCUT2D eigenvalue weighted by Gasteiger charge is -2.37. The summed E-state index contributed by atoms with van der Waals surface area (Å²) in [6.07, 6.45) is 28.6. The fourth-order valence-corrected chi connectivity index (χ4v) is 7.05. The first-order valence-corrected chi connectivity index (χ1v) is 16.8. The normalized spacial score (nSPS) is 23.1. The second-order valence-corrected chi connectivity index (χ2v) is 12.8. The van der Waals surface area contributed by atoms with E-state index in [9.17, 15) is 4.79 Å². The Morgan fingerprint density at radius 2 is 1.30 bits per heavy atom. The number of aromatic nitrogens is 2. The molecule has 4 rings (SSSR count). The molecular formula is C36H54N2O2. The summed E-state index contributed by atoms with van der Waals surface area (Å²) in [6.45, 7) is 4.49. The van der Waals surface area contributed by atoms with Crippen molar-refractivity contribution in [3.05, 3.63) is 42.2 Å². The second kappa shape index (κ2) is 16.9. The zero-order chi connectivity index (χ0) is 28.0. The van der Waals surface area contributed by atoms with Crippen LogP contribution in [0.3, 0.4) is 0 Å². The molecule has 0 radical (unpaired) electrons. The van der Waals surface area contributed by atoms with Crippen molar-refractivity contribution in [2.24, 2.45) is 23.7 Å². The number of rotatable bonds is 15. The maximum Gasteiger partial charge on any atom is 0.314 e. The molecule has 2 aliphatic rings. The highest BCUT2D eigenvalue weighted by Gasteiger charge is 2.33. The van der Waals surface area contributed by atoms with E-state index in [-0.39, 0.29) is 11.9 Å². The van der Waals surface area contributed by atoms with Gasteiger partial charge in [-0.2, -0.15) is 0 Å². The summed E-state index contributed by atoms with van der Waals surface area (Å²) in [6, 6.07) is 7.64. The highest BCUT2D eigenvalue weighted by molar-refractivity contribution is 5.75. The van der Waals surface area contributed by atoms with E-state index < -0.39 is 0 Å². The molecule has 0 spiro atoms. The van der Waals surface area contributed by atoms with Gasteiger partial charge in [0.15, 0.2) is 5.82 Å². The molecule has 40 heavy (non-hydrogen) atoms. The molecule has 0 aliphatic heterocycles. The van der Waals surface area contributed by atoms with E-state index in [1.807, 2.05) is 36.7 Å². The van der Waals surface area contributed by atoms with Crippen molar-refractivity contribution >= 4 is 5.97 Å². The number of hydrogen-bond donors (Lipinski definition) is 0. The number of ether oxygens (including phenoxy) is 1. The number of carbonyl (C=O) groups is 1. The van der Waals surface area contributed by atoms with Crippen molar-refractivity contribution in [3.63, 3.8) is 0 Å². The molecule has 0 bridgehead atoms. The average Bonchev–Trinajstić information content (AvgIpc) is 3.00. The van der Waals surface area contributed by atoms with E-state index in [0.29, 0.717) is 11.6 Å². The van der Waals surface area contributed by atoms with Crippen LogP contribution >= 0.6 is 0 Å². The summed E-state index contributed by atoms with van der Waals surface area (Å²) in [4.78, 5) is 22.0. The van der Waals surface area contributed by atoms with Crippen LogP contribution in [0.1, 0.15) is 135 Å². The van der Waals surface area contributed by atoms with Crippen LogP contribution in [0, 0.1) is 23.7 Å². The van der Waals surface area contributed by atoms with Gasteiger partial charge in [0.1, 0.15) is 5.75 Å². The van der Waals surface area contributed by atoms with Crippen LogP contribution in [-0.2, 0) is 11.2 Å². The van der Waals surface area contributed by atoms with Crippen LogP contribution in [0.25, 0.3) is 11.4 Å². The van der Waals surface area contributed by atoms with Gasteiger partial charge in [-0.3, -0.25) is 4.79 Å². The topological polar surface area (TPSA) is 52.1 Å². The smallest absolute Gasteiger partial charge is 0.314 e. The third-order valence-electron chi connectivity index (χ3n) is 9.73. The van der Waals surface area contributed by atoms with Gasteiger partial charge in [0.05, 0.1) is 5.92 Å². The minimum atomic E-state index is -0.0545. The Balaban J connectivity index is 1.12. The molecule has 4 nitrogen and oxygen atoms in total. The lowest BCUT2D eigenvalue weighted by atomic mass is 9.68. The minimum absolute atomic E-state index is 0.0450. The van der Waals surface area contributed by atoms with Crippen LogP contribution in [0.4, 0.5) is 0 Å². The van der Waals surface area contributed by atoms with Gasteiger partial charge in [-0.15, -0.1) is 0 Å². The van der Waals surface area contributed by atoms with Crippen LogP contribution in [0.15, 0.2) is 36.7 Å². The summed E-state index contributed by atoms with van der Waals surface area (Å²) in [5.74, 6) is 4.00. The molecule has 220 valence electrons. The number of hydrogen-bond acceptors (Lipinski definition) is 4. The molecule has 2 fully saturated rings. The number of carbonyl (C=O) groups excluding carboxylic acids is 1. The van der Waals surface area contributed by atoms with Crippen LogP contribution in [0.2, 0.25) is 0 Å². The SMILES string of the molecule is CCCCCCCCC[C@H]1CC[C@H]([C@H]2CC[C@H](C(=O)Oc3ccc(-c4ncc(CCCC)cn4)cc3)CC2)CC1. The van der Waals surface area contributed by atoms with E-state index >= 15 is 0 Å². The predicted molar refractivity (Wildman–Crippen MR) is 165 cm³/mol. The molecule has 2 aromatic rings. The quantitative estimate of drug-likeness (QED) is 0.127. The van der Waals surface area contributed by atoms with Crippen molar-refractivity contribution < 1.29 is 9.53 Å². The first-order chi connectivity index (χ1) is 19.7. The third kappa shape index (κ3) is 9.70. The van der Waals surface area contributed by atoms with Gasteiger partial charge in [0, 0.05) is 18.0 Å². The molecule has 1 heterocycles. The van der Waals surface area contributed by atoms with E-state index in [1.54, 1.807) is 0 Å². The number of benzene rings is 1. The van der Waals surface area contributed by atoms with E-state index in [2.05, 4.69) is 23.8 Å². The summed E-state index contributed by atoms with van der Waals surface area (Å²) < 4.78 is 5.80. The zero-order valence-electron chi connectivity index (χ0n) is 25.4. The number of aryl methyl sites for hydroxylation is 1. The molecule has 0 amide bonds. The summed E-state index contributed by atoms with van der Waals surface area (Å²) in [5, 5.41) is 0. The monoisotopic (exact) mass is 546 g/mol. The minimum Gasteiger partial charge on any atom is -0.426 e. The lowest BCUT2D eigenvalue weighted by molar-refractivity contribution is -0.140. The van der Waals surface area contributed by atoms with Crippen molar-refractivity contribution in [3.8, 4) is 17.1 Å². The van der Waals surface area contributed by atoms with E-state index in [0.717, 1.165) is 49.0 Å².